The van der Waals surface area contributed by atoms with Gasteiger partial charge in [0, 0.05) is 0 Å². The smallest absolute Gasteiger partial charge is 0.306 e. The molecule has 3 heteroatoms. The van der Waals surface area contributed by atoms with Gasteiger partial charge in [0.2, 0.25) is 0 Å². The van der Waals surface area contributed by atoms with Gasteiger partial charge in [-0.15, -0.1) is 0 Å². The Bertz CT molecular complexity index is 680. The number of rotatable bonds is 8. The normalized spacial score (nSPS) is 14.1. The Balaban J connectivity index is 2.33. The second-order valence-electron chi connectivity index (χ2n) is 8.06. The van der Waals surface area contributed by atoms with E-state index in [9.17, 15) is 4.79 Å². The largest absolute Gasteiger partial charge is 0.469 e. The van der Waals surface area contributed by atoms with Gasteiger partial charge >= 0.3 is 5.97 Å². The summed E-state index contributed by atoms with van der Waals surface area (Å²) in [4.78, 5) is 12.1. The molecule has 0 aliphatic rings. The summed E-state index contributed by atoms with van der Waals surface area (Å²) in [5.74, 6) is 0.646. The monoisotopic (exact) mass is 368 g/mol. The van der Waals surface area contributed by atoms with Crippen LogP contribution in [0.15, 0.2) is 60.7 Å². The highest BCUT2D eigenvalue weighted by Crippen LogP contribution is 2.40. The van der Waals surface area contributed by atoms with Crippen molar-refractivity contribution in [2.24, 2.45) is 5.92 Å². The molecule has 0 N–H and O–H groups in total. The molecule has 0 aliphatic carbocycles. The molecule has 0 amide bonds. The first-order valence-corrected chi connectivity index (χ1v) is 12.6. The van der Waals surface area contributed by atoms with Gasteiger partial charge in [-0.3, -0.25) is 4.79 Å². The minimum Gasteiger partial charge on any atom is -0.469 e. The molecule has 0 radical (unpaired) electrons. The molecule has 0 aromatic heterocycles. The third-order valence-corrected chi connectivity index (χ3v) is 10.3. The summed E-state index contributed by atoms with van der Waals surface area (Å²) in [7, 11) is -0.202. The first-order chi connectivity index (χ1) is 12.4. The van der Waals surface area contributed by atoms with E-state index < -0.39 is 8.07 Å². The van der Waals surface area contributed by atoms with Gasteiger partial charge in [-0.05, 0) is 29.4 Å². The molecule has 2 aromatic carbocycles. The van der Waals surface area contributed by atoms with Gasteiger partial charge in [0.15, 0.2) is 0 Å². The fourth-order valence-corrected chi connectivity index (χ4v) is 8.16. The molecule has 0 saturated heterocycles. The Kier molecular flexibility index (Phi) is 7.21. The second-order valence-corrected chi connectivity index (χ2v) is 12.8. The maximum absolute atomic E-state index is 12.1. The first-order valence-electron chi connectivity index (χ1n) is 9.53. The topological polar surface area (TPSA) is 26.3 Å². The van der Waals surface area contributed by atoms with Crippen LogP contribution in [0.25, 0.3) is 0 Å². The number of carbonyl (C=O) groups is 1. The number of carbonyl (C=O) groups excluding carboxylic acids is 1. The number of esters is 1. The molecule has 0 spiro atoms. The predicted octanol–water partition coefficient (Wildman–Crippen LogP) is 5.37. The average Bonchev–Trinajstić information content (AvgIpc) is 2.65. The van der Waals surface area contributed by atoms with Crippen molar-refractivity contribution in [3.63, 3.8) is 0 Å². The lowest BCUT2D eigenvalue weighted by Gasteiger charge is -2.38. The highest BCUT2D eigenvalue weighted by molar-refractivity contribution is 6.91. The molecule has 0 saturated carbocycles. The van der Waals surface area contributed by atoms with E-state index in [1.54, 1.807) is 0 Å². The van der Waals surface area contributed by atoms with Crippen LogP contribution in [0.1, 0.15) is 38.2 Å². The van der Waals surface area contributed by atoms with Crippen molar-refractivity contribution in [2.45, 2.75) is 51.2 Å². The maximum Gasteiger partial charge on any atom is 0.306 e. The standard InChI is InChI=1S/C23H32O2Si/c1-18(2)22(26(4,5)21-14-10-7-11-15-21)16-20(17-23(24)25-3)19-12-8-6-9-13-19/h6-15,18,20,22H,16-17H2,1-5H3/t20-,22-/m1/s1. The van der Waals surface area contributed by atoms with Crippen molar-refractivity contribution in [2.75, 3.05) is 7.11 Å². The summed E-state index contributed by atoms with van der Waals surface area (Å²) in [5, 5.41) is 1.49. The zero-order valence-electron chi connectivity index (χ0n) is 16.7. The third kappa shape index (κ3) is 5.07. The Morgan fingerprint density at radius 3 is 2.00 bits per heavy atom. The Hall–Kier alpha value is -1.87. The lowest BCUT2D eigenvalue weighted by Crippen LogP contribution is -2.48. The van der Waals surface area contributed by atoms with Crippen molar-refractivity contribution in [1.82, 2.24) is 0 Å². The number of ether oxygens (including phenoxy) is 1. The van der Waals surface area contributed by atoms with Gasteiger partial charge in [0.1, 0.15) is 0 Å². The quantitative estimate of drug-likeness (QED) is 0.463. The molecule has 2 nitrogen and oxygen atoms in total. The molecule has 26 heavy (non-hydrogen) atoms. The Labute approximate surface area is 159 Å². The van der Waals surface area contributed by atoms with E-state index in [2.05, 4.69) is 81.5 Å². The molecule has 0 fully saturated rings. The van der Waals surface area contributed by atoms with E-state index in [4.69, 9.17) is 4.74 Å². The Morgan fingerprint density at radius 2 is 1.50 bits per heavy atom. The lowest BCUT2D eigenvalue weighted by molar-refractivity contribution is -0.141. The van der Waals surface area contributed by atoms with Crippen molar-refractivity contribution < 1.29 is 9.53 Å². The van der Waals surface area contributed by atoms with Crippen LogP contribution in [0.5, 0.6) is 0 Å². The van der Waals surface area contributed by atoms with Crippen LogP contribution in [0, 0.1) is 5.92 Å². The van der Waals surface area contributed by atoms with Crippen LogP contribution in [0.2, 0.25) is 18.6 Å². The van der Waals surface area contributed by atoms with Crippen molar-refractivity contribution >= 4 is 19.2 Å². The molecule has 0 bridgehead atoms. The van der Waals surface area contributed by atoms with Gasteiger partial charge in [-0.25, -0.2) is 0 Å². The molecule has 2 aromatic rings. The van der Waals surface area contributed by atoms with Crippen LogP contribution in [-0.2, 0) is 9.53 Å². The summed E-state index contributed by atoms with van der Waals surface area (Å²) in [6.07, 6.45) is 1.47. The summed E-state index contributed by atoms with van der Waals surface area (Å²) in [6.45, 7) is 9.57. The fourth-order valence-electron chi connectivity index (χ4n) is 4.14. The maximum atomic E-state index is 12.1. The van der Waals surface area contributed by atoms with Gasteiger partial charge < -0.3 is 4.74 Å². The molecule has 0 heterocycles. The SMILES string of the molecule is COC(=O)C[C@@H](C[C@H](C(C)C)[Si](C)(C)c1ccccc1)c1ccccc1. The highest BCUT2D eigenvalue weighted by Gasteiger charge is 2.37. The van der Waals surface area contributed by atoms with Gasteiger partial charge in [-0.1, -0.05) is 92.8 Å². The Morgan fingerprint density at radius 1 is 0.962 bits per heavy atom. The van der Waals surface area contributed by atoms with Gasteiger partial charge in [-0.2, -0.15) is 0 Å². The average molecular weight is 369 g/mol. The van der Waals surface area contributed by atoms with Crippen molar-refractivity contribution in [1.29, 1.82) is 0 Å². The van der Waals surface area contributed by atoms with Crippen LogP contribution < -0.4 is 5.19 Å². The van der Waals surface area contributed by atoms with E-state index in [0.29, 0.717) is 17.9 Å². The van der Waals surface area contributed by atoms with E-state index in [0.717, 1.165) is 6.42 Å². The van der Waals surface area contributed by atoms with Gasteiger partial charge in [0.05, 0.1) is 21.6 Å². The molecule has 0 unspecified atom stereocenters. The fraction of sp³-hybridized carbons (Fsp3) is 0.435. The van der Waals surface area contributed by atoms with Gasteiger partial charge in [0.25, 0.3) is 0 Å². The number of hydrogen-bond donors (Lipinski definition) is 0. The summed E-state index contributed by atoms with van der Waals surface area (Å²) >= 11 is 0. The summed E-state index contributed by atoms with van der Waals surface area (Å²) < 4.78 is 4.99. The lowest BCUT2D eigenvalue weighted by atomic mass is 9.88. The third-order valence-electron chi connectivity index (χ3n) is 5.70. The zero-order valence-corrected chi connectivity index (χ0v) is 17.7. The number of benzene rings is 2. The van der Waals surface area contributed by atoms with Crippen molar-refractivity contribution in [3.8, 4) is 0 Å². The predicted molar refractivity (Wildman–Crippen MR) is 113 cm³/mol. The van der Waals surface area contributed by atoms with Crippen LogP contribution in [0.3, 0.4) is 0 Å². The molecular formula is C23H32O2Si. The summed E-state index contributed by atoms with van der Waals surface area (Å²) in [6, 6.07) is 21.4. The molecule has 0 aliphatic heterocycles. The highest BCUT2D eigenvalue weighted by atomic mass is 28.3. The van der Waals surface area contributed by atoms with Crippen LogP contribution in [-0.4, -0.2) is 21.2 Å². The zero-order chi connectivity index (χ0) is 19.2. The molecule has 2 rings (SSSR count). The van der Waals surface area contributed by atoms with E-state index in [-0.39, 0.29) is 11.9 Å². The van der Waals surface area contributed by atoms with Crippen LogP contribution in [0.4, 0.5) is 0 Å². The molecular weight excluding hydrogens is 336 g/mol. The number of hydrogen-bond acceptors (Lipinski definition) is 2. The van der Waals surface area contributed by atoms with E-state index in [1.165, 1.54) is 17.9 Å². The molecule has 140 valence electrons. The summed E-state index contributed by atoms with van der Waals surface area (Å²) in [5.41, 5.74) is 1.82. The minimum absolute atomic E-state index is 0.124. The second kappa shape index (κ2) is 9.18. The van der Waals surface area contributed by atoms with E-state index >= 15 is 0 Å². The first kappa shape index (κ1) is 20.4. The number of methoxy groups -OCH3 is 1. The van der Waals surface area contributed by atoms with E-state index in [1.807, 2.05) is 6.07 Å². The van der Waals surface area contributed by atoms with Crippen LogP contribution >= 0.6 is 0 Å². The minimum atomic E-state index is -1.68. The van der Waals surface area contributed by atoms with Crippen molar-refractivity contribution in [3.05, 3.63) is 66.2 Å². The molecule has 2 atom stereocenters.